The van der Waals surface area contributed by atoms with E-state index in [-0.39, 0.29) is 42.5 Å². The Kier molecular flexibility index (Phi) is 17.2. The molecular formula is C58H57ClF2N2O6S2. The fourth-order valence-electron chi connectivity index (χ4n) is 8.41. The van der Waals surface area contributed by atoms with E-state index in [2.05, 4.69) is 21.9 Å². The van der Waals surface area contributed by atoms with Crippen molar-refractivity contribution < 1.29 is 37.7 Å². The Bertz CT molecular complexity index is 3090. The van der Waals surface area contributed by atoms with Gasteiger partial charge in [0.05, 0.1) is 23.2 Å². The van der Waals surface area contributed by atoms with Gasteiger partial charge in [-0.15, -0.1) is 22.7 Å². The molecule has 0 bridgehead atoms. The van der Waals surface area contributed by atoms with Gasteiger partial charge in [0.2, 0.25) is 11.6 Å². The number of ether oxygens (including phenoxy) is 3. The SMILES string of the molecule is Cc1ccc2c(Cl)c(C(=O)c3ccccc3C)sc2c1.Cc1ccc2c(Oc3ccc(OCCN4CC(CF)C4)cc3)c(C(=O)c3ccccc3C)sc2c1.Oc1ccc(OCCN2CC(CF)C2)cc1. The molecule has 2 saturated heterocycles. The Morgan fingerprint density at radius 1 is 0.592 bits per heavy atom. The molecule has 2 aliphatic rings. The van der Waals surface area contributed by atoms with Crippen LogP contribution in [0.3, 0.4) is 0 Å². The Balaban J connectivity index is 0.000000158. The topological polar surface area (TPSA) is 88.5 Å². The first-order valence-electron chi connectivity index (χ1n) is 23.7. The van der Waals surface area contributed by atoms with Crippen molar-refractivity contribution in [2.45, 2.75) is 27.7 Å². The number of alkyl halides is 2. The Labute approximate surface area is 427 Å². The van der Waals surface area contributed by atoms with Crippen molar-refractivity contribution in [3.63, 3.8) is 0 Å². The van der Waals surface area contributed by atoms with Gasteiger partial charge in [0, 0.05) is 82.4 Å². The summed E-state index contributed by atoms with van der Waals surface area (Å²) in [5.74, 6) is 3.37. The number of hydrogen-bond acceptors (Lipinski definition) is 10. The third kappa shape index (κ3) is 12.9. The minimum atomic E-state index is -0.240. The van der Waals surface area contributed by atoms with Gasteiger partial charge in [0.1, 0.15) is 41.1 Å². The van der Waals surface area contributed by atoms with Crippen LogP contribution in [0.5, 0.6) is 28.7 Å². The Morgan fingerprint density at radius 3 is 1.54 bits per heavy atom. The maximum atomic E-state index is 13.5. The second-order valence-corrected chi connectivity index (χ2v) is 20.6. The number of halogens is 3. The number of carbonyl (C=O) groups is 2. The van der Waals surface area contributed by atoms with Crippen LogP contribution in [0.2, 0.25) is 5.02 Å². The number of fused-ring (bicyclic) bond motifs is 2. The third-order valence-electron chi connectivity index (χ3n) is 12.5. The lowest BCUT2D eigenvalue weighted by Gasteiger charge is -2.37. The number of phenols is 1. The van der Waals surface area contributed by atoms with Crippen LogP contribution in [-0.4, -0.2) is 92.3 Å². The molecule has 71 heavy (non-hydrogen) atoms. The maximum Gasteiger partial charge on any atom is 0.207 e. The number of ketones is 2. The molecule has 2 fully saturated rings. The lowest BCUT2D eigenvalue weighted by Crippen LogP contribution is -2.49. The predicted octanol–water partition coefficient (Wildman–Crippen LogP) is 13.9. The van der Waals surface area contributed by atoms with Crippen molar-refractivity contribution in [2.24, 2.45) is 11.8 Å². The van der Waals surface area contributed by atoms with Crippen LogP contribution >= 0.6 is 34.3 Å². The van der Waals surface area contributed by atoms with Crippen LogP contribution in [0.25, 0.3) is 20.2 Å². The highest BCUT2D eigenvalue weighted by atomic mass is 35.5. The van der Waals surface area contributed by atoms with Crippen LogP contribution in [0.15, 0.2) is 133 Å². The van der Waals surface area contributed by atoms with Crippen molar-refractivity contribution in [2.75, 3.05) is 65.8 Å². The first kappa shape index (κ1) is 51.2. The van der Waals surface area contributed by atoms with Gasteiger partial charge in [-0.2, -0.15) is 0 Å². The highest BCUT2D eigenvalue weighted by Gasteiger charge is 2.27. The zero-order chi connectivity index (χ0) is 50.0. The van der Waals surface area contributed by atoms with Crippen LogP contribution in [0, 0.1) is 39.5 Å². The number of aryl methyl sites for hydroxylation is 4. The first-order valence-corrected chi connectivity index (χ1v) is 25.7. The third-order valence-corrected chi connectivity index (χ3v) is 15.3. The summed E-state index contributed by atoms with van der Waals surface area (Å²) in [7, 11) is 0. The van der Waals surface area contributed by atoms with Gasteiger partial charge in [0.25, 0.3) is 0 Å². The summed E-state index contributed by atoms with van der Waals surface area (Å²) in [6.07, 6.45) is 0. The van der Waals surface area contributed by atoms with Crippen molar-refractivity contribution in [3.8, 4) is 28.7 Å². The smallest absolute Gasteiger partial charge is 0.207 e. The molecule has 0 saturated carbocycles. The average molecular weight is 1020 g/mol. The lowest BCUT2D eigenvalue weighted by atomic mass is 10.0. The summed E-state index contributed by atoms with van der Waals surface area (Å²) in [6.45, 7) is 13.6. The molecule has 0 aliphatic carbocycles. The molecule has 6 aromatic carbocycles. The van der Waals surface area contributed by atoms with E-state index >= 15 is 0 Å². The van der Waals surface area contributed by atoms with Crippen LogP contribution < -0.4 is 14.2 Å². The molecule has 1 N–H and O–H groups in total. The molecule has 0 radical (unpaired) electrons. The number of hydrogen-bond donors (Lipinski definition) is 1. The van der Waals surface area contributed by atoms with E-state index in [1.165, 1.54) is 28.2 Å². The Morgan fingerprint density at radius 2 is 1.03 bits per heavy atom. The monoisotopic (exact) mass is 1010 g/mol. The van der Waals surface area contributed by atoms with E-state index in [0.717, 1.165) is 93.2 Å². The standard InChI is InChI=1S/C29H28FNO3S.C17H13ClOS.C12H16FNO2/c1-19-7-12-25-26(15-19)35-29(27(32)24-6-4-3-5-20(24)2)28(25)34-23-10-8-22(9-11-23)33-14-13-31-17-21(16-30)18-31;1-10-7-8-13-14(9-10)20-17(15(13)18)16(19)12-6-4-3-5-11(12)2;13-7-10-8-14(9-10)5-6-16-12-3-1-11(15)2-4-12/h3-12,15,21H,13-14,16-18H2,1-2H3;3-9H,1-2H3;1-4,10,15H,5-9H2. The molecule has 2 aromatic heterocycles. The molecule has 0 atom stereocenters. The van der Waals surface area contributed by atoms with E-state index in [1.807, 2.05) is 125 Å². The summed E-state index contributed by atoms with van der Waals surface area (Å²) >= 11 is 9.33. The van der Waals surface area contributed by atoms with E-state index in [9.17, 15) is 18.4 Å². The molecule has 13 heteroatoms. The van der Waals surface area contributed by atoms with Crippen molar-refractivity contribution >= 4 is 66.0 Å². The highest BCUT2D eigenvalue weighted by molar-refractivity contribution is 7.22. The van der Waals surface area contributed by atoms with E-state index in [1.54, 1.807) is 24.3 Å². The molecule has 8 nitrogen and oxygen atoms in total. The Hall–Kier alpha value is -6.15. The summed E-state index contributed by atoms with van der Waals surface area (Å²) in [5, 5.41) is 11.5. The van der Waals surface area contributed by atoms with Gasteiger partial charge in [-0.1, -0.05) is 78.3 Å². The summed E-state index contributed by atoms with van der Waals surface area (Å²) in [6, 6.07) is 41.6. The number of benzene rings is 6. The molecule has 0 spiro atoms. The average Bonchev–Trinajstić information content (AvgIpc) is 3.87. The number of thiophene rings is 2. The number of aromatic hydroxyl groups is 1. The number of likely N-dealkylation sites (tertiary alicyclic amines) is 2. The molecule has 0 amide bonds. The second-order valence-electron chi connectivity index (χ2n) is 18.1. The molecule has 4 heterocycles. The van der Waals surface area contributed by atoms with Gasteiger partial charge in [-0.3, -0.25) is 28.2 Å². The number of phenolic OH excluding ortho intramolecular Hbond substituents is 1. The van der Waals surface area contributed by atoms with E-state index in [0.29, 0.717) is 45.1 Å². The first-order chi connectivity index (χ1) is 34.4. The van der Waals surface area contributed by atoms with Gasteiger partial charge in [-0.25, -0.2) is 0 Å². The van der Waals surface area contributed by atoms with Crippen LogP contribution in [-0.2, 0) is 0 Å². The zero-order valence-corrected chi connectivity index (χ0v) is 42.6. The quantitative estimate of drug-likeness (QED) is 0.0958. The molecule has 10 rings (SSSR count). The maximum absolute atomic E-state index is 13.5. The summed E-state index contributed by atoms with van der Waals surface area (Å²) < 4.78 is 44.5. The fourth-order valence-corrected chi connectivity index (χ4v) is 11.2. The van der Waals surface area contributed by atoms with E-state index < -0.39 is 0 Å². The summed E-state index contributed by atoms with van der Waals surface area (Å²) in [4.78, 5) is 31.8. The van der Waals surface area contributed by atoms with Gasteiger partial charge >= 0.3 is 0 Å². The highest BCUT2D eigenvalue weighted by Crippen LogP contribution is 2.43. The molecule has 2 aliphatic heterocycles. The molecule has 8 aromatic rings. The lowest BCUT2D eigenvalue weighted by molar-refractivity contribution is 0.0668. The van der Waals surface area contributed by atoms with Crippen molar-refractivity contribution in [1.29, 1.82) is 0 Å². The fraction of sp³-hybridized carbons (Fsp3) is 0.276. The van der Waals surface area contributed by atoms with Gasteiger partial charge in [0.15, 0.2) is 5.75 Å². The van der Waals surface area contributed by atoms with Crippen molar-refractivity contribution in [3.05, 3.63) is 182 Å². The minimum Gasteiger partial charge on any atom is -0.508 e. The van der Waals surface area contributed by atoms with E-state index in [4.69, 9.17) is 30.9 Å². The van der Waals surface area contributed by atoms with Gasteiger partial charge in [-0.05, 0) is 117 Å². The van der Waals surface area contributed by atoms with Crippen LogP contribution in [0.4, 0.5) is 8.78 Å². The second kappa shape index (κ2) is 23.8. The van der Waals surface area contributed by atoms with Gasteiger partial charge < -0.3 is 19.3 Å². The molecule has 0 unspecified atom stereocenters. The predicted molar refractivity (Wildman–Crippen MR) is 285 cm³/mol. The van der Waals surface area contributed by atoms with Crippen molar-refractivity contribution in [1.82, 2.24) is 9.80 Å². The number of nitrogens with zero attached hydrogens (tertiary/aromatic N) is 2. The normalized spacial score (nSPS) is 13.9. The number of rotatable bonds is 16. The molecule has 368 valence electrons. The van der Waals surface area contributed by atoms with Crippen LogP contribution in [0.1, 0.15) is 52.7 Å². The molecular weight excluding hydrogens is 958 g/mol. The summed E-state index contributed by atoms with van der Waals surface area (Å²) in [5.41, 5.74) is 5.63. The zero-order valence-electron chi connectivity index (χ0n) is 40.3. The number of carbonyl (C=O) groups excluding carboxylic acids is 2. The largest absolute Gasteiger partial charge is 0.508 e. The minimum absolute atomic E-state index is 0.00644.